The van der Waals surface area contributed by atoms with Crippen LogP contribution in [0.5, 0.6) is 0 Å². The zero-order valence-electron chi connectivity index (χ0n) is 10.2. The van der Waals surface area contributed by atoms with Crippen LogP contribution in [0.25, 0.3) is 11.5 Å². The molecule has 1 amide bonds. The summed E-state index contributed by atoms with van der Waals surface area (Å²) < 4.78 is 5.17. The van der Waals surface area contributed by atoms with Gasteiger partial charge in [-0.05, 0) is 12.1 Å². The van der Waals surface area contributed by atoms with Crippen LogP contribution in [-0.2, 0) is 6.42 Å². The Bertz CT molecular complexity index is 572. The van der Waals surface area contributed by atoms with Gasteiger partial charge in [0.05, 0.1) is 0 Å². The van der Waals surface area contributed by atoms with Gasteiger partial charge in [0.1, 0.15) is 5.69 Å². The number of pyridine rings is 1. The smallest absolute Gasteiger partial charge is 0.281 e. The Balaban J connectivity index is 1.64. The van der Waals surface area contributed by atoms with Crippen molar-refractivity contribution in [1.82, 2.24) is 20.0 Å². The first-order chi connectivity index (χ1) is 9.33. The molecule has 0 bridgehead atoms. The highest BCUT2D eigenvalue weighted by molar-refractivity contribution is 8.13. The molecule has 2 aromatic heterocycles. The predicted molar refractivity (Wildman–Crippen MR) is 70.7 cm³/mol. The van der Waals surface area contributed by atoms with Crippen LogP contribution in [0.1, 0.15) is 5.89 Å². The highest BCUT2D eigenvalue weighted by Gasteiger charge is 2.21. The summed E-state index contributed by atoms with van der Waals surface area (Å²) in [6.45, 7) is 1.42. The Hall–Kier alpha value is -1.89. The number of thioether (sulfide) groups is 1. The standard InChI is InChI=1S/C12H12N4O2S/c17-12-16(7-8-19-12)6-4-10-14-11(15-18-10)9-3-1-2-5-13-9/h1-3,5H,4,6-8H2. The van der Waals surface area contributed by atoms with E-state index in [1.807, 2.05) is 18.2 Å². The molecule has 0 spiro atoms. The van der Waals surface area contributed by atoms with Crippen molar-refractivity contribution >= 4 is 17.0 Å². The van der Waals surface area contributed by atoms with Crippen molar-refractivity contribution < 1.29 is 9.32 Å². The molecule has 2 aromatic rings. The summed E-state index contributed by atoms with van der Waals surface area (Å²) in [4.78, 5) is 21.7. The van der Waals surface area contributed by atoms with Crippen LogP contribution in [0.3, 0.4) is 0 Å². The van der Waals surface area contributed by atoms with Crippen molar-refractivity contribution in [2.75, 3.05) is 18.8 Å². The number of rotatable bonds is 4. The Morgan fingerprint density at radius 2 is 2.37 bits per heavy atom. The van der Waals surface area contributed by atoms with Gasteiger partial charge < -0.3 is 9.42 Å². The number of carbonyl (C=O) groups is 1. The molecule has 0 saturated carbocycles. The number of amides is 1. The first-order valence-corrected chi connectivity index (χ1v) is 6.97. The lowest BCUT2D eigenvalue weighted by molar-refractivity contribution is 0.228. The van der Waals surface area contributed by atoms with E-state index in [-0.39, 0.29) is 5.24 Å². The summed E-state index contributed by atoms with van der Waals surface area (Å²) in [6.07, 6.45) is 2.26. The largest absolute Gasteiger partial charge is 0.339 e. The molecule has 1 saturated heterocycles. The zero-order valence-corrected chi connectivity index (χ0v) is 11.0. The van der Waals surface area contributed by atoms with Gasteiger partial charge in [-0.25, -0.2) is 0 Å². The van der Waals surface area contributed by atoms with Crippen molar-refractivity contribution in [2.45, 2.75) is 6.42 Å². The summed E-state index contributed by atoms with van der Waals surface area (Å²) >= 11 is 1.35. The van der Waals surface area contributed by atoms with E-state index in [0.717, 1.165) is 12.3 Å². The Labute approximate surface area is 114 Å². The average Bonchev–Trinajstić information content (AvgIpc) is 3.06. The highest BCUT2D eigenvalue weighted by Crippen LogP contribution is 2.18. The van der Waals surface area contributed by atoms with Gasteiger partial charge in [0.15, 0.2) is 0 Å². The maximum Gasteiger partial charge on any atom is 0.281 e. The van der Waals surface area contributed by atoms with E-state index in [4.69, 9.17) is 4.52 Å². The van der Waals surface area contributed by atoms with Crippen LogP contribution < -0.4 is 0 Å². The Morgan fingerprint density at radius 3 is 3.11 bits per heavy atom. The van der Waals surface area contributed by atoms with Crippen LogP contribution in [0, 0.1) is 0 Å². The van der Waals surface area contributed by atoms with Crippen LogP contribution in [0.2, 0.25) is 0 Å². The third-order valence-corrected chi connectivity index (χ3v) is 3.69. The van der Waals surface area contributed by atoms with Gasteiger partial charge in [0, 0.05) is 31.5 Å². The molecule has 3 heterocycles. The van der Waals surface area contributed by atoms with E-state index in [1.165, 1.54) is 11.8 Å². The van der Waals surface area contributed by atoms with Crippen LogP contribution in [-0.4, -0.2) is 44.1 Å². The molecule has 6 nitrogen and oxygen atoms in total. The summed E-state index contributed by atoms with van der Waals surface area (Å²) in [5.74, 6) is 1.88. The second kappa shape index (κ2) is 5.40. The van der Waals surface area contributed by atoms with Crippen molar-refractivity contribution in [1.29, 1.82) is 0 Å². The zero-order chi connectivity index (χ0) is 13.1. The van der Waals surface area contributed by atoms with Gasteiger partial charge >= 0.3 is 0 Å². The van der Waals surface area contributed by atoms with Gasteiger partial charge in [-0.15, -0.1) is 0 Å². The lowest BCUT2D eigenvalue weighted by Crippen LogP contribution is -2.25. The van der Waals surface area contributed by atoms with E-state index in [2.05, 4.69) is 15.1 Å². The number of hydrogen-bond donors (Lipinski definition) is 0. The summed E-state index contributed by atoms with van der Waals surface area (Å²) in [5.41, 5.74) is 0.685. The van der Waals surface area contributed by atoms with Crippen molar-refractivity contribution in [3.8, 4) is 11.5 Å². The molecule has 0 aromatic carbocycles. The third kappa shape index (κ3) is 2.76. The quantitative estimate of drug-likeness (QED) is 0.848. The van der Waals surface area contributed by atoms with Gasteiger partial charge in [0.2, 0.25) is 11.7 Å². The molecule has 0 unspecified atom stereocenters. The Morgan fingerprint density at radius 1 is 1.42 bits per heavy atom. The lowest BCUT2D eigenvalue weighted by Gasteiger charge is -2.11. The normalized spacial score (nSPS) is 15.2. The molecule has 0 radical (unpaired) electrons. The fourth-order valence-corrected chi connectivity index (χ4v) is 2.67. The number of hydrogen-bond acceptors (Lipinski definition) is 6. The molecule has 1 aliphatic heterocycles. The van der Waals surface area contributed by atoms with Gasteiger partial charge in [-0.3, -0.25) is 9.78 Å². The van der Waals surface area contributed by atoms with Crippen molar-refractivity contribution in [3.05, 3.63) is 30.3 Å². The second-order valence-electron chi connectivity index (χ2n) is 4.08. The molecule has 1 aliphatic rings. The minimum atomic E-state index is 0.129. The monoisotopic (exact) mass is 276 g/mol. The SMILES string of the molecule is O=C1SCCN1CCc1nc(-c2ccccn2)no1. The van der Waals surface area contributed by atoms with E-state index in [1.54, 1.807) is 11.1 Å². The topological polar surface area (TPSA) is 72.1 Å². The first-order valence-electron chi connectivity index (χ1n) is 5.98. The maximum atomic E-state index is 11.4. The van der Waals surface area contributed by atoms with Crippen molar-refractivity contribution in [2.24, 2.45) is 0 Å². The summed E-state index contributed by atoms with van der Waals surface area (Å²) in [7, 11) is 0. The van der Waals surface area contributed by atoms with Crippen molar-refractivity contribution in [3.63, 3.8) is 0 Å². The van der Waals surface area contributed by atoms with Crippen LogP contribution >= 0.6 is 11.8 Å². The van der Waals surface area contributed by atoms with E-state index < -0.39 is 0 Å². The molecule has 19 heavy (non-hydrogen) atoms. The minimum Gasteiger partial charge on any atom is -0.339 e. The third-order valence-electron chi connectivity index (χ3n) is 2.80. The number of nitrogens with zero attached hydrogens (tertiary/aromatic N) is 4. The number of aromatic nitrogens is 3. The van der Waals surface area contributed by atoms with E-state index in [0.29, 0.717) is 30.4 Å². The molecular formula is C12H12N4O2S. The maximum absolute atomic E-state index is 11.4. The highest BCUT2D eigenvalue weighted by atomic mass is 32.2. The molecule has 0 atom stereocenters. The lowest BCUT2D eigenvalue weighted by atomic mass is 10.3. The number of carbonyl (C=O) groups excluding carboxylic acids is 1. The molecule has 1 fully saturated rings. The van der Waals surface area contributed by atoms with Gasteiger partial charge in [0.25, 0.3) is 5.24 Å². The van der Waals surface area contributed by atoms with Gasteiger partial charge in [-0.1, -0.05) is 23.0 Å². The fourth-order valence-electron chi connectivity index (χ4n) is 1.81. The predicted octanol–water partition coefficient (Wildman–Crippen LogP) is 1.84. The fraction of sp³-hybridized carbons (Fsp3) is 0.333. The second-order valence-corrected chi connectivity index (χ2v) is 5.12. The summed E-state index contributed by atoms with van der Waals surface area (Å²) in [6, 6.07) is 5.54. The van der Waals surface area contributed by atoms with Crippen LogP contribution in [0.4, 0.5) is 4.79 Å². The van der Waals surface area contributed by atoms with E-state index >= 15 is 0 Å². The van der Waals surface area contributed by atoms with E-state index in [9.17, 15) is 4.79 Å². The Kier molecular flexibility index (Phi) is 3.45. The molecule has 7 heteroatoms. The molecule has 0 aliphatic carbocycles. The molecule has 3 rings (SSSR count). The first kappa shape index (κ1) is 12.2. The average molecular weight is 276 g/mol. The van der Waals surface area contributed by atoms with Crippen LogP contribution in [0.15, 0.2) is 28.9 Å². The minimum absolute atomic E-state index is 0.129. The molecule has 98 valence electrons. The van der Waals surface area contributed by atoms with Gasteiger partial charge in [-0.2, -0.15) is 4.98 Å². The summed E-state index contributed by atoms with van der Waals surface area (Å²) in [5, 5.41) is 4.02. The molecule has 0 N–H and O–H groups in total. The molecular weight excluding hydrogens is 264 g/mol.